The Morgan fingerprint density at radius 2 is 2.10 bits per heavy atom. The zero-order chi connectivity index (χ0) is 14.7. The number of pyridine rings is 1. The molecular weight excluding hydrogens is 286 g/mol. The fourth-order valence-corrected chi connectivity index (χ4v) is 1.78. The molecule has 0 saturated carbocycles. The van der Waals surface area contributed by atoms with Gasteiger partial charge < -0.3 is 10.4 Å². The van der Waals surface area contributed by atoms with Crippen molar-refractivity contribution in [3.63, 3.8) is 0 Å². The van der Waals surface area contributed by atoms with Crippen LogP contribution in [-0.2, 0) is 0 Å². The fourth-order valence-electron chi connectivity index (χ4n) is 1.52. The molecule has 0 fully saturated rings. The van der Waals surface area contributed by atoms with Crippen molar-refractivity contribution in [2.24, 2.45) is 0 Å². The molecule has 0 amide bonds. The third-order valence-corrected chi connectivity index (χ3v) is 2.74. The highest BCUT2D eigenvalue weighted by molar-refractivity contribution is 6.33. The van der Waals surface area contributed by atoms with E-state index in [1.807, 2.05) is 0 Å². The third-order valence-electron chi connectivity index (χ3n) is 2.43. The van der Waals surface area contributed by atoms with E-state index < -0.39 is 10.9 Å². The SMILES string of the molecule is O=C(O)c1ccc(Nc2cc([N+](=O)[O-])ccn2)cc1Cl. The monoisotopic (exact) mass is 293 g/mol. The van der Waals surface area contributed by atoms with Crippen LogP contribution in [0.3, 0.4) is 0 Å². The lowest BCUT2D eigenvalue weighted by Crippen LogP contribution is -1.99. The molecule has 2 aromatic rings. The second kappa shape index (κ2) is 5.54. The second-order valence-electron chi connectivity index (χ2n) is 3.78. The number of carbonyl (C=O) groups is 1. The number of hydrogen-bond acceptors (Lipinski definition) is 5. The molecule has 1 heterocycles. The first-order chi connectivity index (χ1) is 9.47. The van der Waals surface area contributed by atoms with Crippen LogP contribution >= 0.6 is 11.6 Å². The average molecular weight is 294 g/mol. The highest BCUT2D eigenvalue weighted by Crippen LogP contribution is 2.24. The first-order valence-corrected chi connectivity index (χ1v) is 5.75. The normalized spacial score (nSPS) is 10.1. The van der Waals surface area contributed by atoms with E-state index >= 15 is 0 Å². The number of carboxylic acids is 1. The lowest BCUT2D eigenvalue weighted by Gasteiger charge is -2.07. The summed E-state index contributed by atoms with van der Waals surface area (Å²) in [7, 11) is 0. The summed E-state index contributed by atoms with van der Waals surface area (Å²) in [6, 6.07) is 6.77. The molecule has 8 heteroatoms. The molecule has 2 rings (SSSR count). The molecule has 0 aliphatic heterocycles. The van der Waals surface area contributed by atoms with Gasteiger partial charge in [-0.3, -0.25) is 10.1 Å². The summed E-state index contributed by atoms with van der Waals surface area (Å²) in [5, 5.41) is 22.4. The van der Waals surface area contributed by atoms with Crippen molar-refractivity contribution in [2.45, 2.75) is 0 Å². The van der Waals surface area contributed by atoms with Crippen LogP contribution in [0.4, 0.5) is 17.2 Å². The molecule has 0 spiro atoms. The Kier molecular flexibility index (Phi) is 3.81. The van der Waals surface area contributed by atoms with Crippen LogP contribution < -0.4 is 5.32 Å². The Hall–Kier alpha value is -2.67. The predicted octanol–water partition coefficient (Wildman–Crippen LogP) is 3.09. The summed E-state index contributed by atoms with van der Waals surface area (Å²) in [6.07, 6.45) is 1.30. The van der Waals surface area contributed by atoms with Crippen molar-refractivity contribution in [1.29, 1.82) is 0 Å². The summed E-state index contributed by atoms with van der Waals surface area (Å²) in [6.45, 7) is 0. The fraction of sp³-hybridized carbons (Fsp3) is 0. The first kappa shape index (κ1) is 13.8. The van der Waals surface area contributed by atoms with Crippen LogP contribution in [0.15, 0.2) is 36.5 Å². The van der Waals surface area contributed by atoms with Crippen LogP contribution in [0.1, 0.15) is 10.4 Å². The maximum Gasteiger partial charge on any atom is 0.337 e. The molecular formula is C12H8ClN3O4. The van der Waals surface area contributed by atoms with Crippen molar-refractivity contribution in [2.75, 3.05) is 5.32 Å². The smallest absolute Gasteiger partial charge is 0.337 e. The van der Waals surface area contributed by atoms with Gasteiger partial charge >= 0.3 is 5.97 Å². The Bertz CT molecular complexity index is 690. The molecule has 2 N–H and O–H groups in total. The zero-order valence-electron chi connectivity index (χ0n) is 9.91. The number of aromatic nitrogens is 1. The van der Waals surface area contributed by atoms with Gasteiger partial charge in [0, 0.05) is 18.0 Å². The van der Waals surface area contributed by atoms with Crippen LogP contribution in [0, 0.1) is 10.1 Å². The van der Waals surface area contributed by atoms with E-state index in [0.717, 1.165) is 0 Å². The van der Waals surface area contributed by atoms with Gasteiger partial charge in [-0.15, -0.1) is 0 Å². The minimum absolute atomic E-state index is 0.0239. The van der Waals surface area contributed by atoms with Gasteiger partial charge in [-0.25, -0.2) is 9.78 Å². The summed E-state index contributed by atoms with van der Waals surface area (Å²) in [4.78, 5) is 24.9. The van der Waals surface area contributed by atoms with Crippen LogP contribution in [0.2, 0.25) is 5.02 Å². The number of carboxylic acid groups (broad SMARTS) is 1. The predicted molar refractivity (Wildman–Crippen MR) is 72.6 cm³/mol. The summed E-state index contributed by atoms with van der Waals surface area (Å²) in [5.74, 6) is -0.867. The minimum Gasteiger partial charge on any atom is -0.478 e. The maximum atomic E-state index is 10.8. The second-order valence-corrected chi connectivity index (χ2v) is 4.19. The summed E-state index contributed by atoms with van der Waals surface area (Å²) < 4.78 is 0. The minimum atomic E-state index is -1.13. The van der Waals surface area contributed by atoms with Crippen molar-refractivity contribution >= 4 is 34.8 Å². The average Bonchev–Trinajstić information content (AvgIpc) is 2.38. The number of nitrogens with one attached hydrogen (secondary N) is 1. The molecule has 1 aromatic heterocycles. The standard InChI is InChI=1S/C12H8ClN3O4/c13-10-5-7(1-2-9(10)12(17)18)15-11-6-8(16(19)20)3-4-14-11/h1-6H,(H,14,15)(H,17,18). The Balaban J connectivity index is 2.26. The number of aromatic carboxylic acids is 1. The van der Waals surface area contributed by atoms with Gasteiger partial charge in [0.2, 0.25) is 0 Å². The molecule has 102 valence electrons. The summed E-state index contributed by atoms with van der Waals surface area (Å²) in [5.41, 5.74) is 0.355. The number of nitro groups is 1. The largest absolute Gasteiger partial charge is 0.478 e. The molecule has 0 saturated heterocycles. The van der Waals surface area contributed by atoms with Gasteiger partial charge in [0.25, 0.3) is 5.69 Å². The molecule has 20 heavy (non-hydrogen) atoms. The topological polar surface area (TPSA) is 105 Å². The van der Waals surface area contributed by atoms with Gasteiger partial charge in [0.1, 0.15) is 5.82 Å². The lowest BCUT2D eigenvalue weighted by atomic mass is 10.2. The van der Waals surface area contributed by atoms with E-state index in [1.165, 1.54) is 36.5 Å². The van der Waals surface area contributed by atoms with Crippen LogP contribution in [0.25, 0.3) is 0 Å². The Morgan fingerprint density at radius 3 is 2.70 bits per heavy atom. The molecule has 0 aliphatic rings. The van der Waals surface area contributed by atoms with Crippen molar-refractivity contribution in [3.8, 4) is 0 Å². The van der Waals surface area contributed by atoms with E-state index in [1.54, 1.807) is 0 Å². The molecule has 0 bridgehead atoms. The molecule has 1 aromatic carbocycles. The highest BCUT2D eigenvalue weighted by Gasteiger charge is 2.10. The lowest BCUT2D eigenvalue weighted by molar-refractivity contribution is -0.384. The van der Waals surface area contributed by atoms with Crippen molar-refractivity contribution in [3.05, 3.63) is 57.2 Å². The highest BCUT2D eigenvalue weighted by atomic mass is 35.5. The van der Waals surface area contributed by atoms with Gasteiger partial charge in [0.05, 0.1) is 21.6 Å². The van der Waals surface area contributed by atoms with Gasteiger partial charge in [-0.05, 0) is 18.2 Å². The summed E-state index contributed by atoms with van der Waals surface area (Å²) >= 11 is 5.82. The number of nitrogens with zero attached hydrogens (tertiary/aromatic N) is 2. The van der Waals surface area contributed by atoms with E-state index in [0.29, 0.717) is 5.69 Å². The molecule has 0 aliphatic carbocycles. The molecule has 0 atom stereocenters. The van der Waals surface area contributed by atoms with Gasteiger partial charge in [-0.2, -0.15) is 0 Å². The van der Waals surface area contributed by atoms with Gasteiger partial charge in [-0.1, -0.05) is 11.6 Å². The van der Waals surface area contributed by atoms with E-state index in [9.17, 15) is 14.9 Å². The first-order valence-electron chi connectivity index (χ1n) is 5.37. The Morgan fingerprint density at radius 1 is 1.35 bits per heavy atom. The number of hydrogen-bond donors (Lipinski definition) is 2. The number of anilines is 2. The van der Waals surface area contributed by atoms with Crippen LogP contribution in [0.5, 0.6) is 0 Å². The molecule has 0 radical (unpaired) electrons. The quantitative estimate of drug-likeness (QED) is 0.663. The van der Waals surface area contributed by atoms with Crippen molar-refractivity contribution < 1.29 is 14.8 Å². The molecule has 7 nitrogen and oxygen atoms in total. The van der Waals surface area contributed by atoms with E-state index in [2.05, 4.69) is 10.3 Å². The van der Waals surface area contributed by atoms with Crippen LogP contribution in [-0.4, -0.2) is 21.0 Å². The number of rotatable bonds is 4. The van der Waals surface area contributed by atoms with E-state index in [-0.39, 0.29) is 22.1 Å². The number of benzene rings is 1. The van der Waals surface area contributed by atoms with Gasteiger partial charge in [0.15, 0.2) is 0 Å². The molecule has 0 unspecified atom stereocenters. The maximum absolute atomic E-state index is 10.8. The van der Waals surface area contributed by atoms with Crippen molar-refractivity contribution in [1.82, 2.24) is 4.98 Å². The zero-order valence-corrected chi connectivity index (χ0v) is 10.7. The number of halogens is 1. The third kappa shape index (κ3) is 3.01. The Labute approximate surface area is 118 Å². The van der Waals surface area contributed by atoms with E-state index in [4.69, 9.17) is 16.7 Å².